The number of ether oxygens (including phenoxy) is 1. The van der Waals surface area contributed by atoms with Gasteiger partial charge in [0.1, 0.15) is 0 Å². The van der Waals surface area contributed by atoms with Crippen molar-refractivity contribution in [1.82, 2.24) is 10.1 Å². The Morgan fingerprint density at radius 3 is 2.83 bits per heavy atom. The normalized spacial score (nSPS) is 19.2. The van der Waals surface area contributed by atoms with E-state index in [1.165, 1.54) is 7.11 Å². The minimum atomic E-state index is -0.0136. The van der Waals surface area contributed by atoms with E-state index in [0.29, 0.717) is 12.4 Å². The number of rotatable bonds is 3. The van der Waals surface area contributed by atoms with E-state index in [4.69, 9.17) is 15.0 Å². The average Bonchev–Trinajstić information content (AvgIpc) is 2.77. The average molecular weight is 169 g/mol. The number of hydrogen-bond acceptors (Lipinski definition) is 5. The molecule has 5 nitrogen and oxygen atoms in total. The Morgan fingerprint density at radius 2 is 2.42 bits per heavy atom. The van der Waals surface area contributed by atoms with Crippen molar-refractivity contribution in [3.8, 4) is 6.08 Å². The Kier molecular flexibility index (Phi) is 1.54. The first-order valence-corrected chi connectivity index (χ1v) is 3.89. The van der Waals surface area contributed by atoms with Gasteiger partial charge >= 0.3 is 6.08 Å². The van der Waals surface area contributed by atoms with Crippen molar-refractivity contribution in [1.29, 1.82) is 0 Å². The first kappa shape index (κ1) is 7.54. The molecule has 0 saturated heterocycles. The van der Waals surface area contributed by atoms with Crippen molar-refractivity contribution in [2.45, 2.75) is 18.3 Å². The van der Waals surface area contributed by atoms with Gasteiger partial charge in [0.05, 0.1) is 7.11 Å². The van der Waals surface area contributed by atoms with Crippen LogP contribution in [0.25, 0.3) is 0 Å². The molecular weight excluding hydrogens is 158 g/mol. The van der Waals surface area contributed by atoms with Crippen LogP contribution in [0, 0.1) is 0 Å². The lowest BCUT2D eigenvalue weighted by atomic mass is 10.1. The molecule has 0 bridgehead atoms. The minimum absolute atomic E-state index is 0.0136. The number of methoxy groups -OCH3 is 1. The zero-order valence-electron chi connectivity index (χ0n) is 6.91. The summed E-state index contributed by atoms with van der Waals surface area (Å²) in [6.45, 7) is 0.579. The lowest BCUT2D eigenvalue weighted by molar-refractivity contribution is 0.249. The van der Waals surface area contributed by atoms with Gasteiger partial charge in [0.25, 0.3) is 0 Å². The molecule has 0 amide bonds. The summed E-state index contributed by atoms with van der Waals surface area (Å²) in [6.07, 6.45) is 2.31. The summed E-state index contributed by atoms with van der Waals surface area (Å²) < 4.78 is 9.58. The quantitative estimate of drug-likeness (QED) is 0.693. The molecule has 0 unspecified atom stereocenters. The topological polar surface area (TPSA) is 74.2 Å². The van der Waals surface area contributed by atoms with E-state index in [1.807, 2.05) is 0 Å². The Labute approximate surface area is 69.9 Å². The summed E-state index contributed by atoms with van der Waals surface area (Å²) in [5.74, 6) is 0.682. The molecule has 1 saturated carbocycles. The molecular formula is C7H11N3O2. The highest BCUT2D eigenvalue weighted by Crippen LogP contribution is 2.45. The van der Waals surface area contributed by atoms with E-state index in [1.54, 1.807) is 0 Å². The second kappa shape index (κ2) is 2.45. The van der Waals surface area contributed by atoms with Crippen LogP contribution in [0.4, 0.5) is 0 Å². The van der Waals surface area contributed by atoms with Gasteiger partial charge in [-0.15, -0.1) is 0 Å². The molecule has 5 heteroatoms. The summed E-state index contributed by atoms with van der Waals surface area (Å²) in [4.78, 5) is 4.05. The van der Waals surface area contributed by atoms with Gasteiger partial charge in [-0.25, -0.2) is 0 Å². The summed E-state index contributed by atoms with van der Waals surface area (Å²) in [6, 6.07) is 0. The first-order valence-electron chi connectivity index (χ1n) is 3.89. The van der Waals surface area contributed by atoms with E-state index >= 15 is 0 Å². The molecule has 66 valence electrons. The van der Waals surface area contributed by atoms with Gasteiger partial charge in [-0.2, -0.15) is 4.98 Å². The molecule has 1 fully saturated rings. The van der Waals surface area contributed by atoms with E-state index in [2.05, 4.69) is 10.1 Å². The third-order valence-corrected chi connectivity index (χ3v) is 2.30. The second-order valence-electron chi connectivity index (χ2n) is 3.07. The van der Waals surface area contributed by atoms with E-state index in [0.717, 1.165) is 12.8 Å². The molecule has 2 N–H and O–H groups in total. The number of nitrogens with zero attached hydrogens (tertiary/aromatic N) is 2. The molecule has 1 aliphatic rings. The molecule has 12 heavy (non-hydrogen) atoms. The number of aromatic nitrogens is 2. The molecule has 1 aromatic heterocycles. The fourth-order valence-electron chi connectivity index (χ4n) is 1.18. The van der Waals surface area contributed by atoms with E-state index < -0.39 is 0 Å². The lowest BCUT2D eigenvalue weighted by Crippen LogP contribution is -2.21. The minimum Gasteiger partial charge on any atom is -0.452 e. The smallest absolute Gasteiger partial charge is 0.417 e. The summed E-state index contributed by atoms with van der Waals surface area (Å²) in [5.41, 5.74) is 5.58. The maximum atomic E-state index is 5.59. The molecule has 1 aliphatic carbocycles. The van der Waals surface area contributed by atoms with Gasteiger partial charge in [0.15, 0.2) is 5.82 Å². The van der Waals surface area contributed by atoms with Crippen molar-refractivity contribution in [3.05, 3.63) is 5.82 Å². The molecule has 0 aromatic carbocycles. The maximum absolute atomic E-state index is 5.59. The van der Waals surface area contributed by atoms with E-state index in [9.17, 15) is 0 Å². The predicted octanol–water partition coefficient (Wildman–Crippen LogP) is 0.0685. The Morgan fingerprint density at radius 1 is 1.67 bits per heavy atom. The standard InChI is InChI=1S/C7H11N3O2/c1-11-6-9-5(10-12-6)7(4-8)2-3-7/h2-4,8H2,1H3. The van der Waals surface area contributed by atoms with Crippen LogP contribution in [0.1, 0.15) is 18.7 Å². The second-order valence-corrected chi connectivity index (χ2v) is 3.07. The zero-order valence-corrected chi connectivity index (χ0v) is 6.91. The number of nitrogens with two attached hydrogens (primary N) is 1. The SMILES string of the molecule is COc1nc(C2(CN)CC2)no1. The van der Waals surface area contributed by atoms with Crippen molar-refractivity contribution < 1.29 is 9.26 Å². The third-order valence-electron chi connectivity index (χ3n) is 2.30. The first-order chi connectivity index (χ1) is 5.80. The third kappa shape index (κ3) is 0.972. The van der Waals surface area contributed by atoms with Crippen LogP contribution in [-0.2, 0) is 5.41 Å². The zero-order chi connectivity index (χ0) is 8.60. The van der Waals surface area contributed by atoms with Gasteiger partial charge in [0.2, 0.25) is 0 Å². The lowest BCUT2D eigenvalue weighted by Gasteiger charge is -2.03. The van der Waals surface area contributed by atoms with Crippen molar-refractivity contribution >= 4 is 0 Å². The van der Waals surface area contributed by atoms with Gasteiger partial charge in [-0.05, 0) is 12.8 Å². The van der Waals surface area contributed by atoms with Crippen molar-refractivity contribution in [2.75, 3.05) is 13.7 Å². The summed E-state index contributed by atoms with van der Waals surface area (Å²) in [7, 11) is 1.50. The highest BCUT2D eigenvalue weighted by Gasteiger charge is 2.47. The van der Waals surface area contributed by atoms with Crippen LogP contribution in [-0.4, -0.2) is 23.8 Å². The molecule has 0 atom stereocenters. The molecule has 1 heterocycles. The van der Waals surface area contributed by atoms with Gasteiger partial charge in [-0.3, -0.25) is 4.52 Å². The number of hydrogen-bond donors (Lipinski definition) is 1. The Bertz CT molecular complexity index is 280. The van der Waals surface area contributed by atoms with Crippen LogP contribution in [0.5, 0.6) is 6.08 Å². The van der Waals surface area contributed by atoms with Crippen molar-refractivity contribution in [2.24, 2.45) is 5.73 Å². The largest absolute Gasteiger partial charge is 0.452 e. The van der Waals surface area contributed by atoms with Crippen LogP contribution in [0.2, 0.25) is 0 Å². The van der Waals surface area contributed by atoms with E-state index in [-0.39, 0.29) is 11.5 Å². The van der Waals surface area contributed by atoms with Crippen LogP contribution >= 0.6 is 0 Å². The van der Waals surface area contributed by atoms with Crippen molar-refractivity contribution in [3.63, 3.8) is 0 Å². The van der Waals surface area contributed by atoms with Crippen LogP contribution in [0.15, 0.2) is 4.52 Å². The summed E-state index contributed by atoms with van der Waals surface area (Å²) >= 11 is 0. The van der Waals surface area contributed by atoms with Crippen LogP contribution < -0.4 is 10.5 Å². The fraction of sp³-hybridized carbons (Fsp3) is 0.714. The van der Waals surface area contributed by atoms with Gasteiger partial charge in [-0.1, -0.05) is 5.16 Å². The predicted molar refractivity (Wildman–Crippen MR) is 40.8 cm³/mol. The maximum Gasteiger partial charge on any atom is 0.417 e. The summed E-state index contributed by atoms with van der Waals surface area (Å²) in [5, 5.41) is 3.80. The molecule has 0 spiro atoms. The molecule has 0 radical (unpaired) electrons. The van der Waals surface area contributed by atoms with Gasteiger partial charge in [0, 0.05) is 12.0 Å². The fourth-order valence-corrected chi connectivity index (χ4v) is 1.18. The van der Waals surface area contributed by atoms with Gasteiger partial charge < -0.3 is 10.5 Å². The van der Waals surface area contributed by atoms with Crippen LogP contribution in [0.3, 0.4) is 0 Å². The monoisotopic (exact) mass is 169 g/mol. The molecule has 2 rings (SSSR count). The highest BCUT2D eigenvalue weighted by atomic mass is 16.6. The highest BCUT2D eigenvalue weighted by molar-refractivity contribution is 5.18. The Balaban J connectivity index is 2.23. The molecule has 1 aromatic rings. The molecule has 0 aliphatic heterocycles. The Hall–Kier alpha value is -1.10.